The Balaban J connectivity index is 1.51. The Bertz CT molecular complexity index is 1330. The Labute approximate surface area is 219 Å². The van der Waals surface area contributed by atoms with E-state index in [1.807, 2.05) is 6.07 Å². The molecule has 0 unspecified atom stereocenters. The number of halogens is 2. The lowest BCUT2D eigenvalue weighted by molar-refractivity contribution is -0.120. The van der Waals surface area contributed by atoms with Crippen molar-refractivity contribution >= 4 is 46.6 Å². The average molecular weight is 522 g/mol. The first kappa shape index (κ1) is 27.1. The number of anilines is 4. The highest BCUT2D eigenvalue weighted by atomic mass is 35.5. The Morgan fingerprint density at radius 1 is 1.22 bits per heavy atom. The number of carbonyl (C=O) groups is 2. The minimum absolute atomic E-state index is 0.0726. The zero-order chi connectivity index (χ0) is 26.8. The molecule has 0 aliphatic rings. The minimum atomic E-state index is -0.563. The highest BCUT2D eigenvalue weighted by Crippen LogP contribution is 2.26. The summed E-state index contributed by atoms with van der Waals surface area (Å²) in [6.07, 6.45) is 3.37. The Morgan fingerprint density at radius 3 is 2.68 bits per heavy atom. The fourth-order valence-electron chi connectivity index (χ4n) is 3.25. The second-order valence-corrected chi connectivity index (χ2v) is 8.31. The maximum atomic E-state index is 14.2. The molecule has 0 aliphatic carbocycles. The maximum absolute atomic E-state index is 14.2. The van der Waals surface area contributed by atoms with Crippen molar-refractivity contribution in [2.45, 2.75) is 12.8 Å². The number of amides is 2. The van der Waals surface area contributed by atoms with Crippen LogP contribution in [0.5, 0.6) is 0 Å². The van der Waals surface area contributed by atoms with Crippen molar-refractivity contribution in [1.82, 2.24) is 15.3 Å². The molecule has 0 fully saturated rings. The third kappa shape index (κ3) is 7.75. The van der Waals surface area contributed by atoms with Crippen LogP contribution in [0, 0.1) is 17.1 Å². The molecule has 0 aliphatic heterocycles. The molecule has 0 atom stereocenters. The molecule has 0 radical (unpaired) electrons. The van der Waals surface area contributed by atoms with Crippen molar-refractivity contribution < 1.29 is 14.0 Å². The van der Waals surface area contributed by atoms with Crippen LogP contribution in [0.15, 0.2) is 61.3 Å². The van der Waals surface area contributed by atoms with E-state index < -0.39 is 11.7 Å². The van der Waals surface area contributed by atoms with Crippen molar-refractivity contribution in [2.24, 2.45) is 0 Å². The van der Waals surface area contributed by atoms with Gasteiger partial charge in [-0.3, -0.25) is 9.59 Å². The molecule has 2 aromatic carbocycles. The van der Waals surface area contributed by atoms with Crippen molar-refractivity contribution in [3.63, 3.8) is 0 Å². The van der Waals surface area contributed by atoms with Crippen LogP contribution in [0.2, 0.25) is 5.02 Å². The summed E-state index contributed by atoms with van der Waals surface area (Å²) in [4.78, 5) is 33.6. The number of nitrogens with one attached hydrogen (secondary N) is 3. The zero-order valence-corrected chi connectivity index (χ0v) is 20.8. The summed E-state index contributed by atoms with van der Waals surface area (Å²) in [5, 5.41) is 18.1. The molecular weight excluding hydrogens is 497 g/mol. The van der Waals surface area contributed by atoms with Crippen LogP contribution >= 0.6 is 11.6 Å². The summed E-state index contributed by atoms with van der Waals surface area (Å²) in [7, 11) is 1.45. The first-order valence-electron chi connectivity index (χ1n) is 11.3. The summed E-state index contributed by atoms with van der Waals surface area (Å²) >= 11 is 6.20. The van der Waals surface area contributed by atoms with E-state index >= 15 is 0 Å². The predicted molar refractivity (Wildman–Crippen MR) is 141 cm³/mol. The molecule has 3 aromatic rings. The van der Waals surface area contributed by atoms with Crippen molar-refractivity contribution in [2.75, 3.05) is 35.7 Å². The Hall–Kier alpha value is -4.49. The predicted octanol–water partition coefficient (Wildman–Crippen LogP) is 4.19. The monoisotopic (exact) mass is 521 g/mol. The van der Waals surface area contributed by atoms with Gasteiger partial charge in [-0.25, -0.2) is 9.37 Å². The third-order valence-corrected chi connectivity index (χ3v) is 5.51. The average Bonchev–Trinajstić information content (AvgIpc) is 2.90. The first-order valence-corrected chi connectivity index (χ1v) is 11.7. The van der Waals surface area contributed by atoms with Gasteiger partial charge >= 0.3 is 0 Å². The summed E-state index contributed by atoms with van der Waals surface area (Å²) in [6, 6.07) is 13.1. The number of likely N-dealkylation sites (N-methyl/N-ethyl adjacent to an activating group) is 1. The topological polar surface area (TPSA) is 123 Å². The molecule has 3 rings (SSSR count). The third-order valence-electron chi connectivity index (χ3n) is 5.23. The number of rotatable bonds is 11. The highest BCUT2D eigenvalue weighted by Gasteiger charge is 2.14. The highest BCUT2D eigenvalue weighted by molar-refractivity contribution is 6.32. The zero-order valence-electron chi connectivity index (χ0n) is 20.1. The second-order valence-electron chi connectivity index (χ2n) is 7.90. The number of nitriles is 1. The van der Waals surface area contributed by atoms with E-state index in [0.717, 1.165) is 16.5 Å². The number of aromatic nitrogens is 2. The van der Waals surface area contributed by atoms with Gasteiger partial charge in [-0.05, 0) is 48.4 Å². The molecule has 2 amide bonds. The molecule has 9 nitrogen and oxygen atoms in total. The molecule has 190 valence electrons. The largest absolute Gasteiger partial charge is 0.369 e. The molecule has 0 bridgehead atoms. The lowest BCUT2D eigenvalue weighted by atomic mass is 10.1. The van der Waals surface area contributed by atoms with Crippen molar-refractivity contribution in [3.8, 4) is 6.07 Å². The van der Waals surface area contributed by atoms with Crippen LogP contribution in [-0.2, 0) is 16.0 Å². The van der Waals surface area contributed by atoms with Crippen LogP contribution in [0.4, 0.5) is 27.5 Å². The summed E-state index contributed by atoms with van der Waals surface area (Å²) < 4.78 is 14.2. The SMILES string of the molecule is C=CC(=O)N(C)c1cc(Nc2ncc(Cl)c(NCCCNC(=O)Cc3ccc(C#N)cc3)n2)ccc1F. The number of hydrogen-bond donors (Lipinski definition) is 3. The molecule has 37 heavy (non-hydrogen) atoms. The number of benzene rings is 2. The molecule has 0 saturated carbocycles. The second kappa shape index (κ2) is 13.0. The molecule has 3 N–H and O–H groups in total. The van der Waals surface area contributed by atoms with Gasteiger partial charge in [-0.1, -0.05) is 30.3 Å². The van der Waals surface area contributed by atoms with Gasteiger partial charge in [0.05, 0.1) is 29.9 Å². The van der Waals surface area contributed by atoms with Crippen LogP contribution in [0.25, 0.3) is 0 Å². The van der Waals surface area contributed by atoms with Gasteiger partial charge in [0, 0.05) is 25.8 Å². The maximum Gasteiger partial charge on any atom is 0.250 e. The summed E-state index contributed by atoms with van der Waals surface area (Å²) in [5.41, 5.74) is 1.92. The number of hydrogen-bond acceptors (Lipinski definition) is 7. The Kier molecular flexibility index (Phi) is 9.52. The smallest absolute Gasteiger partial charge is 0.250 e. The minimum Gasteiger partial charge on any atom is -0.369 e. The van der Waals surface area contributed by atoms with E-state index in [1.165, 1.54) is 31.4 Å². The van der Waals surface area contributed by atoms with Gasteiger partial charge in [-0.15, -0.1) is 0 Å². The molecule has 11 heteroatoms. The lowest BCUT2D eigenvalue weighted by Gasteiger charge is -2.17. The summed E-state index contributed by atoms with van der Waals surface area (Å²) in [6.45, 7) is 4.35. The first-order chi connectivity index (χ1) is 17.8. The van der Waals surface area contributed by atoms with Gasteiger partial charge in [0.2, 0.25) is 17.8 Å². The fraction of sp³-hybridized carbons (Fsp3) is 0.192. The molecule has 1 aromatic heterocycles. The van der Waals surface area contributed by atoms with Gasteiger partial charge in [0.25, 0.3) is 0 Å². The summed E-state index contributed by atoms with van der Waals surface area (Å²) in [5.74, 6) is -0.514. The lowest BCUT2D eigenvalue weighted by Crippen LogP contribution is -2.27. The van der Waals surface area contributed by atoms with Gasteiger partial charge < -0.3 is 20.9 Å². The molecule has 0 saturated heterocycles. The van der Waals surface area contributed by atoms with Crippen LogP contribution in [0.3, 0.4) is 0 Å². The van der Waals surface area contributed by atoms with Gasteiger partial charge in [-0.2, -0.15) is 10.2 Å². The van der Waals surface area contributed by atoms with Gasteiger partial charge in [0.15, 0.2) is 0 Å². The van der Waals surface area contributed by atoms with E-state index in [1.54, 1.807) is 24.3 Å². The van der Waals surface area contributed by atoms with E-state index in [0.29, 0.717) is 41.6 Å². The molecule has 1 heterocycles. The van der Waals surface area contributed by atoms with E-state index in [-0.39, 0.29) is 24.0 Å². The van der Waals surface area contributed by atoms with Crippen molar-refractivity contribution in [3.05, 3.63) is 83.3 Å². The van der Waals surface area contributed by atoms with E-state index in [9.17, 15) is 14.0 Å². The van der Waals surface area contributed by atoms with Crippen LogP contribution in [-0.4, -0.2) is 41.9 Å². The molecule has 0 spiro atoms. The molecular formula is C26H25ClFN7O2. The number of carbonyl (C=O) groups excluding carboxylic acids is 2. The van der Waals surface area contributed by atoms with Gasteiger partial charge in [0.1, 0.15) is 16.7 Å². The van der Waals surface area contributed by atoms with Crippen LogP contribution in [0.1, 0.15) is 17.5 Å². The Morgan fingerprint density at radius 2 is 1.97 bits per heavy atom. The normalized spacial score (nSPS) is 10.2. The van der Waals surface area contributed by atoms with Crippen molar-refractivity contribution in [1.29, 1.82) is 5.26 Å². The standard InChI is InChI=1S/C26H25ClFN7O2/c1-3-24(37)35(2)22-14-19(9-10-21(22)28)33-26-32-16-20(27)25(34-26)31-12-4-11-30-23(36)13-17-5-7-18(15-29)8-6-17/h3,5-10,14,16H,1,4,11-13H2,2H3,(H,30,36)(H2,31,32,33,34). The number of nitrogens with zero attached hydrogens (tertiary/aromatic N) is 4. The quantitative estimate of drug-likeness (QED) is 0.255. The fourth-order valence-corrected chi connectivity index (χ4v) is 3.41. The van der Waals surface area contributed by atoms with E-state index in [4.69, 9.17) is 16.9 Å². The van der Waals surface area contributed by atoms with Crippen LogP contribution < -0.4 is 20.9 Å². The van der Waals surface area contributed by atoms with E-state index in [2.05, 4.69) is 32.5 Å².